The zero-order valence-corrected chi connectivity index (χ0v) is 9.69. The van der Waals surface area contributed by atoms with Gasteiger partial charge in [-0.1, -0.05) is 30.3 Å². The minimum Gasteiger partial charge on any atom is -0.461 e. The van der Waals surface area contributed by atoms with Gasteiger partial charge in [-0.15, -0.1) is 0 Å². The topological polar surface area (TPSA) is 38.3 Å². The molecule has 3 nitrogen and oxygen atoms in total. The molecule has 16 heavy (non-hydrogen) atoms. The van der Waals surface area contributed by atoms with Crippen LogP contribution in [-0.4, -0.2) is 17.6 Å². The van der Waals surface area contributed by atoms with Gasteiger partial charge in [-0.25, -0.2) is 0 Å². The van der Waals surface area contributed by atoms with Crippen LogP contribution in [-0.2, 0) is 16.1 Å². The van der Waals surface area contributed by atoms with Crippen LogP contribution in [0.1, 0.15) is 25.8 Å². The van der Waals surface area contributed by atoms with Crippen LogP contribution in [0.2, 0.25) is 0 Å². The molecule has 0 spiro atoms. The van der Waals surface area contributed by atoms with Crippen LogP contribution in [0, 0.1) is 0 Å². The van der Waals surface area contributed by atoms with Gasteiger partial charge in [0.2, 0.25) is 0 Å². The molecule has 1 aliphatic heterocycles. The molecule has 0 aliphatic carbocycles. The van der Waals surface area contributed by atoms with Crippen molar-refractivity contribution in [2.24, 2.45) is 0 Å². The van der Waals surface area contributed by atoms with E-state index in [-0.39, 0.29) is 12.1 Å². The normalized spacial score (nSPS) is 29.1. The van der Waals surface area contributed by atoms with Crippen LogP contribution >= 0.6 is 0 Å². The first-order valence-corrected chi connectivity index (χ1v) is 5.60. The van der Waals surface area contributed by atoms with Crippen LogP contribution in [0.4, 0.5) is 0 Å². The molecule has 86 valence electrons. The third kappa shape index (κ3) is 2.25. The fourth-order valence-corrected chi connectivity index (χ4v) is 2.05. The van der Waals surface area contributed by atoms with Crippen molar-refractivity contribution in [3.8, 4) is 0 Å². The van der Waals surface area contributed by atoms with E-state index in [1.165, 1.54) is 5.56 Å². The van der Waals surface area contributed by atoms with Crippen LogP contribution in [0.3, 0.4) is 0 Å². The van der Waals surface area contributed by atoms with Gasteiger partial charge in [-0.3, -0.25) is 10.1 Å². The highest BCUT2D eigenvalue weighted by Gasteiger charge is 2.43. The Morgan fingerprint density at radius 2 is 2.12 bits per heavy atom. The van der Waals surface area contributed by atoms with E-state index in [2.05, 4.69) is 5.32 Å². The van der Waals surface area contributed by atoms with E-state index in [9.17, 15) is 4.79 Å². The standard InChI is InChI=1S/C13H17NO2/c1-10-8-13(2,12(15)16-10)14-9-11-6-4-3-5-7-11/h3-7,10,14H,8-9H2,1-2H3. The van der Waals surface area contributed by atoms with Gasteiger partial charge in [-0.2, -0.15) is 0 Å². The number of hydrogen-bond acceptors (Lipinski definition) is 3. The van der Waals surface area contributed by atoms with E-state index < -0.39 is 5.54 Å². The number of esters is 1. The minimum absolute atomic E-state index is 0.0146. The second kappa shape index (κ2) is 4.26. The predicted octanol–water partition coefficient (Wildman–Crippen LogP) is 1.87. The molecular weight excluding hydrogens is 202 g/mol. The molecule has 1 aliphatic rings. The maximum atomic E-state index is 11.6. The molecule has 0 aromatic heterocycles. The van der Waals surface area contributed by atoms with Crippen molar-refractivity contribution in [3.63, 3.8) is 0 Å². The van der Waals surface area contributed by atoms with Crippen molar-refractivity contribution in [2.45, 2.75) is 38.5 Å². The summed E-state index contributed by atoms with van der Waals surface area (Å²) in [6.07, 6.45) is 0.749. The monoisotopic (exact) mass is 219 g/mol. The molecule has 0 saturated carbocycles. The molecule has 1 saturated heterocycles. The lowest BCUT2D eigenvalue weighted by molar-refractivity contribution is -0.145. The van der Waals surface area contributed by atoms with Crippen molar-refractivity contribution in [1.82, 2.24) is 5.32 Å². The molecule has 2 atom stereocenters. The number of carbonyl (C=O) groups is 1. The number of cyclic esters (lactones) is 1. The largest absolute Gasteiger partial charge is 0.461 e. The first kappa shape index (κ1) is 11.1. The van der Waals surface area contributed by atoms with E-state index in [1.54, 1.807) is 0 Å². The number of nitrogens with one attached hydrogen (secondary N) is 1. The summed E-state index contributed by atoms with van der Waals surface area (Å²) < 4.78 is 5.16. The van der Waals surface area contributed by atoms with Gasteiger partial charge in [0.15, 0.2) is 0 Å². The third-order valence-corrected chi connectivity index (χ3v) is 2.98. The van der Waals surface area contributed by atoms with Crippen LogP contribution in [0.5, 0.6) is 0 Å². The summed E-state index contributed by atoms with van der Waals surface area (Å²) in [5, 5.41) is 3.28. The summed E-state index contributed by atoms with van der Waals surface area (Å²) in [5.74, 6) is -0.143. The molecule has 0 bridgehead atoms. The zero-order valence-electron chi connectivity index (χ0n) is 9.69. The molecule has 2 unspecified atom stereocenters. The van der Waals surface area contributed by atoms with Gasteiger partial charge in [-0.05, 0) is 19.4 Å². The van der Waals surface area contributed by atoms with E-state index in [1.807, 2.05) is 44.2 Å². The van der Waals surface area contributed by atoms with E-state index in [4.69, 9.17) is 4.74 Å². The van der Waals surface area contributed by atoms with Gasteiger partial charge in [0, 0.05) is 13.0 Å². The molecule has 1 heterocycles. The molecule has 1 fully saturated rings. The quantitative estimate of drug-likeness (QED) is 0.789. The molecule has 0 amide bonds. The van der Waals surface area contributed by atoms with Crippen molar-refractivity contribution in [3.05, 3.63) is 35.9 Å². The van der Waals surface area contributed by atoms with Gasteiger partial charge < -0.3 is 4.74 Å². The first-order chi connectivity index (χ1) is 7.60. The molecular formula is C13H17NO2. The number of ether oxygens (including phenoxy) is 1. The highest BCUT2D eigenvalue weighted by Crippen LogP contribution is 2.25. The molecule has 1 aromatic rings. The Kier molecular flexibility index (Phi) is 2.97. The van der Waals surface area contributed by atoms with Crippen molar-refractivity contribution >= 4 is 5.97 Å². The summed E-state index contributed by atoms with van der Waals surface area (Å²) in [6.45, 7) is 4.52. The van der Waals surface area contributed by atoms with Gasteiger partial charge in [0.1, 0.15) is 11.6 Å². The Labute approximate surface area is 95.8 Å². The number of carbonyl (C=O) groups excluding carboxylic acids is 1. The molecule has 1 N–H and O–H groups in total. The molecule has 3 heteroatoms. The smallest absolute Gasteiger partial charge is 0.326 e. The maximum absolute atomic E-state index is 11.6. The van der Waals surface area contributed by atoms with Gasteiger partial charge >= 0.3 is 5.97 Å². The first-order valence-electron chi connectivity index (χ1n) is 5.60. The van der Waals surface area contributed by atoms with E-state index in [0.717, 1.165) is 6.42 Å². The fraction of sp³-hybridized carbons (Fsp3) is 0.462. The molecule has 1 aromatic carbocycles. The molecule has 0 radical (unpaired) electrons. The van der Waals surface area contributed by atoms with Gasteiger partial charge in [0.05, 0.1) is 0 Å². The minimum atomic E-state index is -0.532. The third-order valence-electron chi connectivity index (χ3n) is 2.98. The number of rotatable bonds is 3. The van der Waals surface area contributed by atoms with Gasteiger partial charge in [0.25, 0.3) is 0 Å². The summed E-state index contributed by atoms with van der Waals surface area (Å²) in [5.41, 5.74) is 0.644. The summed E-state index contributed by atoms with van der Waals surface area (Å²) in [4.78, 5) is 11.6. The Morgan fingerprint density at radius 3 is 2.69 bits per heavy atom. The van der Waals surface area contributed by atoms with E-state index >= 15 is 0 Å². The number of benzene rings is 1. The highest BCUT2D eigenvalue weighted by molar-refractivity contribution is 5.82. The predicted molar refractivity (Wildman–Crippen MR) is 61.9 cm³/mol. The van der Waals surface area contributed by atoms with Crippen LogP contribution in [0.25, 0.3) is 0 Å². The number of hydrogen-bond donors (Lipinski definition) is 1. The SMILES string of the molecule is CC1CC(C)(NCc2ccccc2)C(=O)O1. The Balaban J connectivity index is 1.98. The zero-order chi connectivity index (χ0) is 11.6. The van der Waals surface area contributed by atoms with Crippen molar-refractivity contribution < 1.29 is 9.53 Å². The Morgan fingerprint density at radius 1 is 1.44 bits per heavy atom. The van der Waals surface area contributed by atoms with Crippen LogP contribution < -0.4 is 5.32 Å². The van der Waals surface area contributed by atoms with Crippen LogP contribution in [0.15, 0.2) is 30.3 Å². The average molecular weight is 219 g/mol. The summed E-state index contributed by atoms with van der Waals surface area (Å²) in [7, 11) is 0. The summed E-state index contributed by atoms with van der Waals surface area (Å²) in [6, 6.07) is 10.1. The Bertz CT molecular complexity index is 377. The average Bonchev–Trinajstić information content (AvgIpc) is 2.52. The lowest BCUT2D eigenvalue weighted by Gasteiger charge is -2.20. The fourth-order valence-electron chi connectivity index (χ4n) is 2.05. The summed E-state index contributed by atoms with van der Waals surface area (Å²) >= 11 is 0. The lowest BCUT2D eigenvalue weighted by Crippen LogP contribution is -2.45. The van der Waals surface area contributed by atoms with Crippen molar-refractivity contribution in [1.29, 1.82) is 0 Å². The second-order valence-electron chi connectivity index (χ2n) is 4.59. The maximum Gasteiger partial charge on any atom is 0.326 e. The lowest BCUT2D eigenvalue weighted by atomic mass is 9.98. The van der Waals surface area contributed by atoms with E-state index in [0.29, 0.717) is 6.54 Å². The Hall–Kier alpha value is -1.35. The van der Waals surface area contributed by atoms with Crippen molar-refractivity contribution in [2.75, 3.05) is 0 Å². The second-order valence-corrected chi connectivity index (χ2v) is 4.59. The highest BCUT2D eigenvalue weighted by atomic mass is 16.6. The molecule has 2 rings (SSSR count).